The van der Waals surface area contributed by atoms with Crippen LogP contribution in [0.3, 0.4) is 0 Å². The van der Waals surface area contributed by atoms with Gasteiger partial charge in [-0.05, 0) is 54.7 Å². The Balaban J connectivity index is 1.72. The predicted octanol–water partition coefficient (Wildman–Crippen LogP) is 5.29. The Hall–Kier alpha value is -2.26. The van der Waals surface area contributed by atoms with Crippen molar-refractivity contribution in [3.05, 3.63) is 75.8 Å². The molecule has 2 aromatic carbocycles. The largest absolute Gasteiger partial charge is 0.445 e. The normalized spacial score (nSPS) is 10.8. The minimum absolute atomic E-state index is 0.283. The molecule has 0 heterocycles. The van der Waals surface area contributed by atoms with Crippen molar-refractivity contribution in [3.63, 3.8) is 0 Å². The molecule has 126 valence electrons. The van der Waals surface area contributed by atoms with Crippen LogP contribution in [0.1, 0.15) is 28.7 Å². The molecule has 2 aromatic rings. The van der Waals surface area contributed by atoms with Crippen molar-refractivity contribution in [2.75, 3.05) is 6.54 Å². The number of benzene rings is 2. The third-order valence-electron chi connectivity index (χ3n) is 3.64. The Morgan fingerprint density at radius 2 is 1.83 bits per heavy atom. The second-order valence-electron chi connectivity index (χ2n) is 5.63. The first-order valence-electron chi connectivity index (χ1n) is 7.94. The number of halogens is 1. The van der Waals surface area contributed by atoms with Gasteiger partial charge in [-0.15, -0.1) is 0 Å². The van der Waals surface area contributed by atoms with E-state index >= 15 is 0 Å². The molecule has 0 spiro atoms. The average Bonchev–Trinajstić information content (AvgIpc) is 2.55. The molecule has 0 radical (unpaired) electrons. The van der Waals surface area contributed by atoms with Crippen LogP contribution in [-0.4, -0.2) is 12.6 Å². The summed E-state index contributed by atoms with van der Waals surface area (Å²) in [5.74, 6) is 0. The fourth-order valence-corrected chi connectivity index (χ4v) is 2.74. The molecule has 0 bridgehead atoms. The Kier molecular flexibility index (Phi) is 6.89. The van der Waals surface area contributed by atoms with E-state index in [2.05, 4.69) is 11.4 Å². The van der Waals surface area contributed by atoms with Gasteiger partial charge in [0.1, 0.15) is 6.61 Å². The summed E-state index contributed by atoms with van der Waals surface area (Å²) >= 11 is 6.03. The average molecular weight is 344 g/mol. The summed E-state index contributed by atoms with van der Waals surface area (Å²) < 4.78 is 5.16. The standard InChI is InChI=1S/C20H22ClNO2/c1-15-12-18(21)13-16(2)19(15)10-6-7-11-22-20(23)24-14-17-8-4-3-5-9-17/h3-6,8-10,12-13H,7,11,14H2,1-2H3,(H,22,23). The van der Waals surface area contributed by atoms with Gasteiger partial charge in [0.2, 0.25) is 0 Å². The summed E-state index contributed by atoms with van der Waals surface area (Å²) in [7, 11) is 0. The summed E-state index contributed by atoms with van der Waals surface area (Å²) in [6, 6.07) is 13.5. The first-order chi connectivity index (χ1) is 11.6. The molecule has 0 fully saturated rings. The number of nitrogens with one attached hydrogen (secondary N) is 1. The topological polar surface area (TPSA) is 38.3 Å². The van der Waals surface area contributed by atoms with Crippen LogP contribution in [-0.2, 0) is 11.3 Å². The third kappa shape index (κ3) is 5.74. The maximum Gasteiger partial charge on any atom is 0.407 e. The van der Waals surface area contributed by atoms with Crippen LogP contribution in [0.2, 0.25) is 5.02 Å². The quantitative estimate of drug-likeness (QED) is 0.724. The van der Waals surface area contributed by atoms with Crippen molar-refractivity contribution in [3.8, 4) is 0 Å². The van der Waals surface area contributed by atoms with Crippen LogP contribution in [0.25, 0.3) is 6.08 Å². The minimum Gasteiger partial charge on any atom is -0.445 e. The zero-order valence-electron chi connectivity index (χ0n) is 14.0. The zero-order valence-corrected chi connectivity index (χ0v) is 14.8. The van der Waals surface area contributed by atoms with Crippen LogP contribution in [0.15, 0.2) is 48.5 Å². The lowest BCUT2D eigenvalue weighted by molar-refractivity contribution is 0.140. The van der Waals surface area contributed by atoms with E-state index in [1.807, 2.05) is 62.4 Å². The van der Waals surface area contributed by atoms with Crippen molar-refractivity contribution in [2.45, 2.75) is 26.9 Å². The van der Waals surface area contributed by atoms with Crippen LogP contribution in [0.5, 0.6) is 0 Å². The zero-order chi connectivity index (χ0) is 17.4. The number of rotatable bonds is 6. The fourth-order valence-electron chi connectivity index (χ4n) is 2.42. The van der Waals surface area contributed by atoms with Crippen LogP contribution in [0.4, 0.5) is 4.79 Å². The third-order valence-corrected chi connectivity index (χ3v) is 3.85. The van der Waals surface area contributed by atoms with Gasteiger partial charge in [-0.1, -0.05) is 54.1 Å². The van der Waals surface area contributed by atoms with Gasteiger partial charge >= 0.3 is 6.09 Å². The molecule has 2 rings (SSSR count). The molecule has 0 aromatic heterocycles. The second kappa shape index (κ2) is 9.14. The molecule has 0 aliphatic carbocycles. The first-order valence-corrected chi connectivity index (χ1v) is 8.32. The van der Waals surface area contributed by atoms with Gasteiger partial charge in [-0.2, -0.15) is 0 Å². The molecule has 0 aliphatic rings. The van der Waals surface area contributed by atoms with E-state index in [-0.39, 0.29) is 6.61 Å². The van der Waals surface area contributed by atoms with Gasteiger partial charge in [-0.3, -0.25) is 0 Å². The molecule has 0 saturated carbocycles. The maximum atomic E-state index is 11.6. The van der Waals surface area contributed by atoms with Gasteiger partial charge < -0.3 is 10.1 Å². The smallest absolute Gasteiger partial charge is 0.407 e. The van der Waals surface area contributed by atoms with E-state index in [1.54, 1.807) is 0 Å². The molecule has 1 N–H and O–H groups in total. The summed E-state index contributed by atoms with van der Waals surface area (Å²) in [5.41, 5.74) is 4.44. The van der Waals surface area contributed by atoms with Crippen molar-refractivity contribution in [2.24, 2.45) is 0 Å². The minimum atomic E-state index is -0.397. The number of ether oxygens (including phenoxy) is 1. The second-order valence-corrected chi connectivity index (χ2v) is 6.07. The molecule has 0 atom stereocenters. The van der Waals surface area contributed by atoms with Gasteiger partial charge in [0.15, 0.2) is 0 Å². The Morgan fingerprint density at radius 3 is 2.50 bits per heavy atom. The highest BCUT2D eigenvalue weighted by Crippen LogP contribution is 2.21. The molecular weight excluding hydrogens is 322 g/mol. The molecule has 3 nitrogen and oxygen atoms in total. The number of aryl methyl sites for hydroxylation is 2. The van der Waals surface area contributed by atoms with Crippen molar-refractivity contribution in [1.29, 1.82) is 0 Å². The van der Waals surface area contributed by atoms with Crippen LogP contribution < -0.4 is 5.32 Å². The highest BCUT2D eigenvalue weighted by Gasteiger charge is 2.02. The molecular formula is C20H22ClNO2. The highest BCUT2D eigenvalue weighted by molar-refractivity contribution is 6.30. The summed E-state index contributed by atoms with van der Waals surface area (Å²) in [4.78, 5) is 11.6. The Morgan fingerprint density at radius 1 is 1.17 bits per heavy atom. The summed E-state index contributed by atoms with van der Waals surface area (Å²) in [6.07, 6.45) is 4.45. The molecule has 24 heavy (non-hydrogen) atoms. The molecule has 0 saturated heterocycles. The number of hydrogen-bond donors (Lipinski definition) is 1. The molecule has 0 unspecified atom stereocenters. The predicted molar refractivity (Wildman–Crippen MR) is 99.2 cm³/mol. The molecule has 1 amide bonds. The number of amides is 1. The van der Waals surface area contributed by atoms with E-state index in [4.69, 9.17) is 16.3 Å². The van der Waals surface area contributed by atoms with E-state index in [0.29, 0.717) is 6.54 Å². The fraction of sp³-hybridized carbons (Fsp3) is 0.250. The lowest BCUT2D eigenvalue weighted by atomic mass is 10.0. The molecule has 4 heteroatoms. The van der Waals surface area contributed by atoms with Crippen molar-refractivity contribution < 1.29 is 9.53 Å². The number of carbonyl (C=O) groups excluding carboxylic acids is 1. The number of alkyl carbamates (subject to hydrolysis) is 1. The SMILES string of the molecule is Cc1cc(Cl)cc(C)c1C=CCCNC(=O)OCc1ccccc1. The van der Waals surface area contributed by atoms with Crippen LogP contribution in [0, 0.1) is 13.8 Å². The Labute approximate surface area is 148 Å². The van der Waals surface area contributed by atoms with E-state index < -0.39 is 6.09 Å². The van der Waals surface area contributed by atoms with E-state index in [1.165, 1.54) is 5.56 Å². The Bertz CT molecular complexity index is 688. The lowest BCUT2D eigenvalue weighted by Gasteiger charge is -2.07. The van der Waals surface area contributed by atoms with Gasteiger partial charge in [-0.25, -0.2) is 4.79 Å². The van der Waals surface area contributed by atoms with Crippen LogP contribution >= 0.6 is 11.6 Å². The van der Waals surface area contributed by atoms with Gasteiger partial charge in [0, 0.05) is 11.6 Å². The van der Waals surface area contributed by atoms with E-state index in [0.717, 1.165) is 28.1 Å². The summed E-state index contributed by atoms with van der Waals surface area (Å²) in [6.45, 7) is 4.90. The van der Waals surface area contributed by atoms with Gasteiger partial charge in [0.25, 0.3) is 0 Å². The van der Waals surface area contributed by atoms with Gasteiger partial charge in [0.05, 0.1) is 0 Å². The molecule has 0 aliphatic heterocycles. The maximum absolute atomic E-state index is 11.6. The highest BCUT2D eigenvalue weighted by atomic mass is 35.5. The monoisotopic (exact) mass is 343 g/mol. The van der Waals surface area contributed by atoms with Crippen molar-refractivity contribution >= 4 is 23.8 Å². The summed E-state index contributed by atoms with van der Waals surface area (Å²) in [5, 5.41) is 3.50. The number of carbonyl (C=O) groups is 1. The number of hydrogen-bond acceptors (Lipinski definition) is 2. The first kappa shape index (κ1) is 18.1. The van der Waals surface area contributed by atoms with E-state index in [9.17, 15) is 4.79 Å². The van der Waals surface area contributed by atoms with Crippen molar-refractivity contribution in [1.82, 2.24) is 5.32 Å². The lowest BCUT2D eigenvalue weighted by Crippen LogP contribution is -2.24.